The Balaban J connectivity index is 1.29. The molecule has 1 spiro atoms. The third kappa shape index (κ3) is 5.64. The number of aliphatic imine (C=N–C) groups is 1. The van der Waals surface area contributed by atoms with Crippen LogP contribution < -0.4 is 10.9 Å². The van der Waals surface area contributed by atoms with E-state index >= 15 is 0 Å². The smallest absolute Gasteiger partial charge is 0.410 e. The van der Waals surface area contributed by atoms with Crippen molar-refractivity contribution in [2.45, 2.75) is 50.5 Å². The fourth-order valence-corrected chi connectivity index (χ4v) is 7.25. The van der Waals surface area contributed by atoms with E-state index in [2.05, 4.69) is 33.7 Å². The first-order chi connectivity index (χ1) is 18.8. The quantitative estimate of drug-likeness (QED) is 0.498. The fraction of sp³-hybridized carbons (Fsp3) is 0.500. The maximum atomic E-state index is 13.6. The van der Waals surface area contributed by atoms with Gasteiger partial charge in [0.2, 0.25) is 11.8 Å². The number of ether oxygens (including phenoxy) is 1. The van der Waals surface area contributed by atoms with Crippen LogP contribution in [-0.2, 0) is 20.7 Å². The molecule has 2 N–H and O–H groups in total. The van der Waals surface area contributed by atoms with Crippen LogP contribution in [0.15, 0.2) is 47.1 Å². The average Bonchev–Trinajstić information content (AvgIpc) is 3.49. The molecule has 12 heteroatoms. The minimum Gasteiger partial charge on any atom is -0.444 e. The highest BCUT2D eigenvalue weighted by Gasteiger charge is 2.61. The topological polar surface area (TPSA) is 103 Å². The average molecular weight is 607 g/mol. The van der Waals surface area contributed by atoms with Crippen LogP contribution in [0.3, 0.4) is 0 Å². The van der Waals surface area contributed by atoms with Gasteiger partial charge in [0, 0.05) is 31.6 Å². The molecule has 1 aromatic rings. The molecule has 0 radical (unpaired) electrons. The molecule has 2 saturated heterocycles. The van der Waals surface area contributed by atoms with Gasteiger partial charge in [-0.05, 0) is 51.5 Å². The summed E-state index contributed by atoms with van der Waals surface area (Å²) >= 11 is 13.7. The number of allylic oxidation sites excluding steroid dienone is 2. The third-order valence-corrected chi connectivity index (χ3v) is 9.84. The highest BCUT2D eigenvalue weighted by atomic mass is 35.5. The number of benzene rings is 1. The predicted molar refractivity (Wildman–Crippen MR) is 157 cm³/mol. The van der Waals surface area contributed by atoms with Crippen LogP contribution in [0.5, 0.6) is 0 Å². The van der Waals surface area contributed by atoms with Gasteiger partial charge in [-0.15, -0.1) is 11.8 Å². The summed E-state index contributed by atoms with van der Waals surface area (Å²) in [6.45, 7) is 9.54. The molecule has 5 rings (SSSR count). The molecular formula is C28H33Cl2N5O4S. The summed E-state index contributed by atoms with van der Waals surface area (Å²) in [6, 6.07) is 4.97. The van der Waals surface area contributed by atoms with E-state index in [4.69, 9.17) is 27.9 Å². The number of thioether (sulfide) groups is 1. The van der Waals surface area contributed by atoms with Crippen LogP contribution in [-0.4, -0.2) is 75.8 Å². The van der Waals surface area contributed by atoms with Crippen LogP contribution in [0, 0.1) is 11.3 Å². The van der Waals surface area contributed by atoms with E-state index < -0.39 is 16.9 Å². The Hall–Kier alpha value is -2.53. The maximum Gasteiger partial charge on any atom is 0.410 e. The molecular weight excluding hydrogens is 573 g/mol. The van der Waals surface area contributed by atoms with E-state index in [1.165, 1.54) is 0 Å². The third-order valence-electron chi connectivity index (χ3n) is 7.88. The SMILES string of the molecule is CC(C)(C)OC(=O)N1CC2(C1)CN(C1(C)C=CC=C3N=CSC31)CC2C(=O)NNC(=O)Cc1ccc(Cl)c(Cl)c1. The van der Waals surface area contributed by atoms with E-state index in [1.54, 1.807) is 34.9 Å². The lowest BCUT2D eigenvalue weighted by Gasteiger charge is -2.51. The number of fused-ring (bicyclic) bond motifs is 1. The van der Waals surface area contributed by atoms with Crippen molar-refractivity contribution in [2.24, 2.45) is 16.3 Å². The van der Waals surface area contributed by atoms with Crippen LogP contribution in [0.2, 0.25) is 10.0 Å². The molecule has 3 amide bonds. The first-order valence-electron chi connectivity index (χ1n) is 13.1. The van der Waals surface area contributed by atoms with E-state index in [-0.39, 0.29) is 35.1 Å². The molecule has 1 aliphatic carbocycles. The molecule has 3 aliphatic heterocycles. The first-order valence-corrected chi connectivity index (χ1v) is 14.8. The summed E-state index contributed by atoms with van der Waals surface area (Å²) in [4.78, 5) is 47.5. The summed E-state index contributed by atoms with van der Waals surface area (Å²) < 4.78 is 5.57. The first kappa shape index (κ1) is 29.0. The molecule has 0 saturated carbocycles. The van der Waals surface area contributed by atoms with Gasteiger partial charge in [0.05, 0.1) is 44.4 Å². The molecule has 0 aromatic heterocycles. The Morgan fingerprint density at radius 1 is 1.15 bits per heavy atom. The monoisotopic (exact) mass is 605 g/mol. The number of amides is 3. The lowest BCUT2D eigenvalue weighted by molar-refractivity contribution is -0.136. The zero-order valence-electron chi connectivity index (χ0n) is 22.9. The second-order valence-electron chi connectivity index (χ2n) is 12.0. The Kier molecular flexibility index (Phi) is 7.76. The van der Waals surface area contributed by atoms with Crippen LogP contribution in [0.1, 0.15) is 33.3 Å². The van der Waals surface area contributed by atoms with Crippen molar-refractivity contribution in [3.05, 3.63) is 57.7 Å². The number of hydrazine groups is 1. The van der Waals surface area contributed by atoms with Crippen molar-refractivity contribution in [1.29, 1.82) is 0 Å². The molecule has 9 nitrogen and oxygen atoms in total. The molecule has 3 atom stereocenters. The molecule has 3 unspecified atom stereocenters. The van der Waals surface area contributed by atoms with Crippen molar-refractivity contribution >= 4 is 58.4 Å². The lowest BCUT2D eigenvalue weighted by atomic mass is 9.71. The molecule has 2 fully saturated rings. The standard InChI is InChI=1S/C28H33Cl2N5O4S/c1-26(2,3)39-25(38)34-13-28(14-34)15-35(27(4)9-5-6-21-23(27)40-16-31-21)12-18(28)24(37)33-32-22(36)11-17-7-8-19(29)20(30)10-17/h5-10,16,18,23H,11-15H2,1-4H3,(H,32,36)(H,33,37). The predicted octanol–water partition coefficient (Wildman–Crippen LogP) is 4.21. The fourth-order valence-electron chi connectivity index (χ4n) is 5.84. The van der Waals surface area contributed by atoms with Crippen molar-refractivity contribution < 1.29 is 19.1 Å². The van der Waals surface area contributed by atoms with Crippen molar-refractivity contribution in [3.8, 4) is 0 Å². The Bertz CT molecular complexity index is 1320. The van der Waals surface area contributed by atoms with Gasteiger partial charge < -0.3 is 9.64 Å². The minimum absolute atomic E-state index is 0.0302. The van der Waals surface area contributed by atoms with Crippen LogP contribution >= 0.6 is 35.0 Å². The Morgan fingerprint density at radius 3 is 2.60 bits per heavy atom. The summed E-state index contributed by atoms with van der Waals surface area (Å²) in [5.74, 6) is -1.12. The van der Waals surface area contributed by atoms with E-state index in [1.807, 2.05) is 38.5 Å². The summed E-state index contributed by atoms with van der Waals surface area (Å²) in [5.41, 5.74) is 7.29. The van der Waals surface area contributed by atoms with Gasteiger partial charge in [-0.25, -0.2) is 4.79 Å². The second kappa shape index (κ2) is 10.7. The molecule has 3 heterocycles. The lowest BCUT2D eigenvalue weighted by Crippen LogP contribution is -2.65. The van der Waals surface area contributed by atoms with Gasteiger partial charge in [-0.2, -0.15) is 0 Å². The van der Waals surface area contributed by atoms with Crippen LogP contribution in [0.25, 0.3) is 0 Å². The number of rotatable bonds is 4. The molecule has 1 aromatic carbocycles. The zero-order valence-corrected chi connectivity index (χ0v) is 25.2. The van der Waals surface area contributed by atoms with Gasteiger partial charge in [0.15, 0.2) is 0 Å². The highest BCUT2D eigenvalue weighted by molar-refractivity contribution is 8.13. The Morgan fingerprint density at radius 2 is 1.90 bits per heavy atom. The van der Waals surface area contributed by atoms with Gasteiger partial charge in [-0.3, -0.25) is 30.3 Å². The number of hydrogen-bond donors (Lipinski definition) is 2. The summed E-state index contributed by atoms with van der Waals surface area (Å²) in [6.07, 6.45) is 5.85. The van der Waals surface area contributed by atoms with Crippen LogP contribution in [0.4, 0.5) is 4.79 Å². The number of likely N-dealkylation sites (tertiary alicyclic amines) is 2. The van der Waals surface area contributed by atoms with Gasteiger partial charge in [-0.1, -0.05) is 41.4 Å². The zero-order chi connectivity index (χ0) is 28.9. The number of nitrogens with zero attached hydrogens (tertiary/aromatic N) is 3. The highest BCUT2D eigenvalue weighted by Crippen LogP contribution is 2.50. The van der Waals surface area contributed by atoms with Crippen molar-refractivity contribution in [1.82, 2.24) is 20.7 Å². The molecule has 214 valence electrons. The molecule has 0 bridgehead atoms. The largest absolute Gasteiger partial charge is 0.444 e. The van der Waals surface area contributed by atoms with Gasteiger partial charge in [0.1, 0.15) is 5.60 Å². The van der Waals surface area contributed by atoms with Crippen molar-refractivity contribution in [3.63, 3.8) is 0 Å². The number of carbonyl (C=O) groups is 3. The molecule has 4 aliphatic rings. The van der Waals surface area contributed by atoms with E-state index in [0.29, 0.717) is 41.8 Å². The van der Waals surface area contributed by atoms with E-state index in [0.717, 1.165) is 5.70 Å². The van der Waals surface area contributed by atoms with Crippen molar-refractivity contribution in [2.75, 3.05) is 26.2 Å². The number of carbonyl (C=O) groups excluding carboxylic acids is 3. The summed E-state index contributed by atoms with van der Waals surface area (Å²) in [7, 11) is 0. The second-order valence-corrected chi connectivity index (χ2v) is 13.8. The Labute approximate surface area is 248 Å². The maximum absolute atomic E-state index is 13.6. The normalized spacial score (nSPS) is 26.8. The number of hydrogen-bond acceptors (Lipinski definition) is 7. The summed E-state index contributed by atoms with van der Waals surface area (Å²) in [5, 5.41) is 0.879. The van der Waals surface area contributed by atoms with Gasteiger partial charge >= 0.3 is 6.09 Å². The van der Waals surface area contributed by atoms with Gasteiger partial charge in [0.25, 0.3) is 0 Å². The number of halogens is 2. The minimum atomic E-state index is -0.611. The molecule has 40 heavy (non-hydrogen) atoms. The number of nitrogens with one attached hydrogen (secondary N) is 2. The van der Waals surface area contributed by atoms with E-state index in [9.17, 15) is 14.4 Å².